The molecule has 0 N–H and O–H groups in total. The number of aliphatic imine (C=N–C) groups is 1. The van der Waals surface area contributed by atoms with E-state index in [1.54, 1.807) is 0 Å². The molecule has 0 bridgehead atoms. The Morgan fingerprint density at radius 3 is 2.43 bits per heavy atom. The summed E-state index contributed by atoms with van der Waals surface area (Å²) in [7, 11) is 0. The molecule has 0 aromatic heterocycles. The molecule has 1 nitrogen and oxygen atoms in total. The van der Waals surface area contributed by atoms with Gasteiger partial charge in [-0.15, -0.1) is 0 Å². The number of nitrogens with zero attached hydrogens (tertiary/aromatic N) is 1. The van der Waals surface area contributed by atoms with Gasteiger partial charge in [0.15, 0.2) is 17.4 Å². The Morgan fingerprint density at radius 2 is 2.29 bits per heavy atom. The average Bonchev–Trinajstić information content (AvgIpc) is 1.76. The maximum atomic E-state index is 3.96. The molecular weight excluding hydrogens is 96.0 g/mol. The summed E-state index contributed by atoms with van der Waals surface area (Å²) in [5.74, 6) is 0. The molecule has 0 atom stereocenters. The monoisotopic (exact) mass is 107 g/mol. The molecule has 0 amide bonds. The van der Waals surface area contributed by atoms with Crippen molar-refractivity contribution >= 4 is 23.6 Å². The van der Waals surface area contributed by atoms with E-state index in [2.05, 4.69) is 4.99 Å². The van der Waals surface area contributed by atoms with E-state index < -0.39 is 0 Å². The molecule has 0 aromatic carbocycles. The molecule has 3 heteroatoms. The first kappa shape index (κ1) is 10.7. The summed E-state index contributed by atoms with van der Waals surface area (Å²) in [4.78, 5) is 3.96. The van der Waals surface area contributed by atoms with E-state index in [4.69, 9.17) is 0 Å². The third kappa shape index (κ3) is 4.66. The minimum absolute atomic E-state index is 0. The largest absolute Gasteiger partial charge is 1.00 e. The SMILES string of the molecule is C1=NCCC1.[AlH3].[H-].[Li+]. The molecule has 0 fully saturated rings. The zero-order valence-corrected chi connectivity index (χ0v) is 4.15. The van der Waals surface area contributed by atoms with Crippen molar-refractivity contribution in [2.45, 2.75) is 12.8 Å². The van der Waals surface area contributed by atoms with Crippen LogP contribution in [0.3, 0.4) is 0 Å². The smallest absolute Gasteiger partial charge is 1.00 e. The Morgan fingerprint density at radius 1 is 1.57 bits per heavy atom. The molecule has 0 spiro atoms. The van der Waals surface area contributed by atoms with Gasteiger partial charge in [0, 0.05) is 6.54 Å². The predicted octanol–water partition coefficient (Wildman–Crippen LogP) is -3.22. The van der Waals surface area contributed by atoms with Gasteiger partial charge in [0.2, 0.25) is 0 Å². The number of rotatable bonds is 0. The molecule has 1 rings (SSSR count). The van der Waals surface area contributed by atoms with Crippen molar-refractivity contribution in [3.05, 3.63) is 0 Å². The van der Waals surface area contributed by atoms with Crippen LogP contribution in [0, 0.1) is 0 Å². The zero-order chi connectivity index (χ0) is 3.54. The fourth-order valence-corrected chi connectivity index (χ4v) is 0.456. The van der Waals surface area contributed by atoms with Crippen LogP contribution in [-0.4, -0.2) is 30.1 Å². The van der Waals surface area contributed by atoms with Crippen molar-refractivity contribution in [1.82, 2.24) is 0 Å². The molecule has 7 heavy (non-hydrogen) atoms. The summed E-state index contributed by atoms with van der Waals surface area (Å²) in [5, 5.41) is 0. The summed E-state index contributed by atoms with van der Waals surface area (Å²) in [6.07, 6.45) is 4.47. The van der Waals surface area contributed by atoms with Crippen molar-refractivity contribution < 1.29 is 20.3 Å². The van der Waals surface area contributed by atoms with E-state index in [1.165, 1.54) is 12.8 Å². The van der Waals surface area contributed by atoms with Gasteiger partial charge in [-0.05, 0) is 19.1 Å². The minimum Gasteiger partial charge on any atom is -1.00 e. The van der Waals surface area contributed by atoms with Crippen LogP contribution in [0.1, 0.15) is 14.3 Å². The third-order valence-corrected chi connectivity index (χ3v) is 0.750. The van der Waals surface area contributed by atoms with Gasteiger partial charge < -0.3 is 1.43 Å². The van der Waals surface area contributed by atoms with Gasteiger partial charge in [0.1, 0.15) is 0 Å². The topological polar surface area (TPSA) is 12.4 Å². The van der Waals surface area contributed by atoms with Gasteiger partial charge in [0.05, 0.1) is 0 Å². The Bertz CT molecular complexity index is 54.0. The Hall–Kier alpha value is 0.800. The Labute approximate surface area is 68.4 Å². The van der Waals surface area contributed by atoms with Gasteiger partial charge in [-0.3, -0.25) is 4.99 Å². The molecule has 1 heterocycles. The quantitative estimate of drug-likeness (QED) is 0.289. The molecular formula is C4H11AlLiN. The zero-order valence-electron chi connectivity index (χ0n) is 5.15. The molecule has 0 unspecified atom stereocenters. The molecule has 1 aliphatic rings. The normalized spacial score (nSPS) is 14.9. The second-order valence-corrected chi connectivity index (χ2v) is 1.23. The van der Waals surface area contributed by atoms with Gasteiger partial charge in [-0.25, -0.2) is 0 Å². The molecule has 0 aliphatic carbocycles. The summed E-state index contributed by atoms with van der Waals surface area (Å²) in [5.41, 5.74) is 0. The van der Waals surface area contributed by atoms with Crippen molar-refractivity contribution in [3.8, 4) is 0 Å². The number of hydrogen-bond donors (Lipinski definition) is 0. The van der Waals surface area contributed by atoms with Gasteiger partial charge >= 0.3 is 18.9 Å². The second-order valence-electron chi connectivity index (χ2n) is 1.23. The summed E-state index contributed by atoms with van der Waals surface area (Å²) >= 11 is 0. The third-order valence-electron chi connectivity index (χ3n) is 0.750. The van der Waals surface area contributed by atoms with E-state index in [1.807, 2.05) is 6.21 Å². The van der Waals surface area contributed by atoms with Crippen LogP contribution in [0.5, 0.6) is 0 Å². The van der Waals surface area contributed by atoms with Gasteiger partial charge in [-0.1, -0.05) is 0 Å². The maximum Gasteiger partial charge on any atom is 1.00 e. The van der Waals surface area contributed by atoms with Crippen molar-refractivity contribution in [1.29, 1.82) is 0 Å². The van der Waals surface area contributed by atoms with Crippen molar-refractivity contribution in [2.75, 3.05) is 6.54 Å². The van der Waals surface area contributed by atoms with E-state index in [0.29, 0.717) is 0 Å². The van der Waals surface area contributed by atoms with Crippen LogP contribution in [0.15, 0.2) is 4.99 Å². The molecule has 0 radical (unpaired) electrons. The second kappa shape index (κ2) is 6.80. The summed E-state index contributed by atoms with van der Waals surface area (Å²) < 4.78 is 0. The Balaban J connectivity index is -0.0000000833. The first-order valence-electron chi connectivity index (χ1n) is 1.98. The molecule has 0 saturated heterocycles. The van der Waals surface area contributed by atoms with Crippen LogP contribution in [0.25, 0.3) is 0 Å². The Kier molecular flexibility index (Phi) is 10.4. The van der Waals surface area contributed by atoms with Crippen molar-refractivity contribution in [3.63, 3.8) is 0 Å². The fourth-order valence-electron chi connectivity index (χ4n) is 0.456. The van der Waals surface area contributed by atoms with E-state index >= 15 is 0 Å². The van der Waals surface area contributed by atoms with Gasteiger partial charge in [0.25, 0.3) is 0 Å². The fraction of sp³-hybridized carbons (Fsp3) is 0.750. The standard InChI is InChI=1S/C4H7N.Al.Li.4H/c1-2-4-5-3-1;;;;;;/h3H,1-2,4H2;;;;;;/q;;+1;;;;-1. The maximum absolute atomic E-state index is 3.96. The van der Waals surface area contributed by atoms with E-state index in [-0.39, 0.29) is 37.6 Å². The molecule has 0 saturated carbocycles. The summed E-state index contributed by atoms with van der Waals surface area (Å²) in [6.45, 7) is 1.07. The first-order chi connectivity index (χ1) is 2.50. The van der Waals surface area contributed by atoms with E-state index in [0.717, 1.165) is 6.54 Å². The van der Waals surface area contributed by atoms with Crippen LogP contribution in [-0.2, 0) is 0 Å². The van der Waals surface area contributed by atoms with Crippen molar-refractivity contribution in [2.24, 2.45) is 4.99 Å². The molecule has 0 aromatic rings. The molecule has 36 valence electrons. The molecule has 1 aliphatic heterocycles. The first-order valence-corrected chi connectivity index (χ1v) is 1.98. The number of hydrogen-bond acceptors (Lipinski definition) is 1. The van der Waals surface area contributed by atoms with Crippen LogP contribution in [0.2, 0.25) is 0 Å². The minimum atomic E-state index is 0. The average molecular weight is 107 g/mol. The summed E-state index contributed by atoms with van der Waals surface area (Å²) in [6, 6.07) is 0. The van der Waals surface area contributed by atoms with Gasteiger partial charge in [-0.2, -0.15) is 0 Å². The van der Waals surface area contributed by atoms with E-state index in [9.17, 15) is 0 Å². The predicted molar refractivity (Wildman–Crippen MR) is 33.6 cm³/mol. The van der Waals surface area contributed by atoms with Crippen LogP contribution in [0.4, 0.5) is 0 Å². The van der Waals surface area contributed by atoms with Crippen LogP contribution >= 0.6 is 0 Å². The van der Waals surface area contributed by atoms with Crippen LogP contribution < -0.4 is 18.9 Å².